The van der Waals surface area contributed by atoms with Crippen LogP contribution in [0.4, 0.5) is 4.39 Å². The molecule has 0 bridgehead atoms. The first-order valence-corrected chi connectivity index (χ1v) is 4.30. The van der Waals surface area contributed by atoms with Crippen molar-refractivity contribution in [3.63, 3.8) is 0 Å². The van der Waals surface area contributed by atoms with E-state index < -0.39 is 0 Å². The van der Waals surface area contributed by atoms with Crippen LogP contribution in [-0.2, 0) is 0 Å². The first kappa shape index (κ1) is 8.81. The van der Waals surface area contributed by atoms with Gasteiger partial charge in [0.05, 0.1) is 0 Å². The van der Waals surface area contributed by atoms with Gasteiger partial charge in [0.2, 0.25) is 0 Å². The van der Waals surface area contributed by atoms with Gasteiger partial charge in [-0.15, -0.1) is 0 Å². The topological polar surface area (TPSA) is 25.8 Å². The molecule has 0 fully saturated rings. The Labute approximate surface area is 81.5 Å². The second-order valence-electron chi connectivity index (χ2n) is 3.08. The minimum Gasteiger partial charge on any atom is -0.264 e. The average molecular weight is 188 g/mol. The van der Waals surface area contributed by atoms with E-state index >= 15 is 0 Å². The number of pyridine rings is 2. The monoisotopic (exact) mass is 188 g/mol. The second-order valence-corrected chi connectivity index (χ2v) is 3.08. The Bertz CT molecular complexity index is 455. The Hall–Kier alpha value is -1.77. The summed E-state index contributed by atoms with van der Waals surface area (Å²) >= 11 is 0. The molecule has 0 saturated carbocycles. The van der Waals surface area contributed by atoms with Crippen LogP contribution in [0.2, 0.25) is 0 Å². The van der Waals surface area contributed by atoms with Gasteiger partial charge >= 0.3 is 0 Å². The largest absolute Gasteiger partial charge is 0.264 e. The SMILES string of the molecule is Cc1cncc(-c2ncccc2F)c1. The van der Waals surface area contributed by atoms with Crippen molar-refractivity contribution in [2.75, 3.05) is 0 Å². The molecule has 3 heteroatoms. The molecule has 2 nitrogen and oxygen atoms in total. The van der Waals surface area contributed by atoms with Crippen molar-refractivity contribution in [3.8, 4) is 11.3 Å². The van der Waals surface area contributed by atoms with Crippen molar-refractivity contribution in [2.24, 2.45) is 0 Å². The van der Waals surface area contributed by atoms with Gasteiger partial charge in [-0.25, -0.2) is 4.39 Å². The maximum atomic E-state index is 13.3. The minimum absolute atomic E-state index is 0.320. The molecule has 2 heterocycles. The average Bonchev–Trinajstić information content (AvgIpc) is 2.18. The highest BCUT2D eigenvalue weighted by molar-refractivity contribution is 5.58. The molecule has 0 aliphatic carbocycles. The van der Waals surface area contributed by atoms with Gasteiger partial charge in [-0.3, -0.25) is 9.97 Å². The molecule has 0 aliphatic rings. The number of aryl methyl sites for hydroxylation is 1. The molecule has 0 spiro atoms. The number of rotatable bonds is 1. The predicted octanol–water partition coefficient (Wildman–Crippen LogP) is 2.59. The van der Waals surface area contributed by atoms with E-state index in [0.717, 1.165) is 5.56 Å². The van der Waals surface area contributed by atoms with E-state index in [4.69, 9.17) is 0 Å². The molecule has 2 aromatic rings. The van der Waals surface area contributed by atoms with Crippen LogP contribution in [-0.4, -0.2) is 9.97 Å². The number of hydrogen-bond acceptors (Lipinski definition) is 2. The van der Waals surface area contributed by atoms with Crippen molar-refractivity contribution in [3.05, 3.63) is 48.2 Å². The van der Waals surface area contributed by atoms with Crippen LogP contribution in [0.3, 0.4) is 0 Å². The van der Waals surface area contributed by atoms with E-state index in [9.17, 15) is 4.39 Å². The summed E-state index contributed by atoms with van der Waals surface area (Å²) in [6.07, 6.45) is 4.91. The van der Waals surface area contributed by atoms with Gasteiger partial charge < -0.3 is 0 Å². The molecule has 0 amide bonds. The molecular formula is C11H9FN2. The van der Waals surface area contributed by atoms with E-state index in [-0.39, 0.29) is 5.82 Å². The summed E-state index contributed by atoms with van der Waals surface area (Å²) in [7, 11) is 0. The smallest absolute Gasteiger partial charge is 0.149 e. The van der Waals surface area contributed by atoms with E-state index in [2.05, 4.69) is 9.97 Å². The minimum atomic E-state index is -0.320. The van der Waals surface area contributed by atoms with Gasteiger partial charge in [0.1, 0.15) is 11.5 Å². The Morgan fingerprint density at radius 2 is 2.14 bits per heavy atom. The normalized spacial score (nSPS) is 10.1. The zero-order valence-electron chi connectivity index (χ0n) is 7.74. The van der Waals surface area contributed by atoms with Gasteiger partial charge in [0.25, 0.3) is 0 Å². The van der Waals surface area contributed by atoms with Crippen LogP contribution in [0.5, 0.6) is 0 Å². The summed E-state index contributed by atoms with van der Waals surface area (Å²) in [5.74, 6) is -0.320. The third-order valence-corrected chi connectivity index (χ3v) is 1.91. The zero-order valence-corrected chi connectivity index (χ0v) is 7.74. The Kier molecular flexibility index (Phi) is 2.23. The fourth-order valence-corrected chi connectivity index (χ4v) is 1.28. The number of halogens is 1. The van der Waals surface area contributed by atoms with Crippen LogP contribution in [0, 0.1) is 12.7 Å². The zero-order chi connectivity index (χ0) is 9.97. The van der Waals surface area contributed by atoms with E-state index in [1.165, 1.54) is 6.07 Å². The van der Waals surface area contributed by atoms with Crippen LogP contribution >= 0.6 is 0 Å². The highest BCUT2D eigenvalue weighted by atomic mass is 19.1. The molecule has 0 unspecified atom stereocenters. The van der Waals surface area contributed by atoms with Crippen LogP contribution in [0.25, 0.3) is 11.3 Å². The van der Waals surface area contributed by atoms with Gasteiger partial charge in [-0.05, 0) is 30.7 Å². The molecule has 0 atom stereocenters. The van der Waals surface area contributed by atoms with Gasteiger partial charge in [-0.1, -0.05) is 0 Å². The lowest BCUT2D eigenvalue weighted by Gasteiger charge is -2.01. The molecule has 14 heavy (non-hydrogen) atoms. The summed E-state index contributed by atoms with van der Waals surface area (Å²) in [6, 6.07) is 4.82. The predicted molar refractivity (Wildman–Crippen MR) is 52.2 cm³/mol. The Morgan fingerprint density at radius 1 is 1.29 bits per heavy atom. The molecule has 0 radical (unpaired) electrons. The van der Waals surface area contributed by atoms with Crippen LogP contribution < -0.4 is 0 Å². The van der Waals surface area contributed by atoms with Crippen LogP contribution in [0.15, 0.2) is 36.8 Å². The maximum absolute atomic E-state index is 13.3. The molecule has 2 rings (SSSR count). The Morgan fingerprint density at radius 3 is 2.86 bits per heavy atom. The third kappa shape index (κ3) is 1.62. The summed E-state index contributed by atoms with van der Waals surface area (Å²) in [5, 5.41) is 0. The lowest BCUT2D eigenvalue weighted by Crippen LogP contribution is -1.89. The maximum Gasteiger partial charge on any atom is 0.149 e. The summed E-state index contributed by atoms with van der Waals surface area (Å²) in [4.78, 5) is 7.97. The van der Waals surface area contributed by atoms with E-state index in [1.807, 2.05) is 13.0 Å². The van der Waals surface area contributed by atoms with Crippen molar-refractivity contribution in [1.82, 2.24) is 9.97 Å². The van der Waals surface area contributed by atoms with Crippen molar-refractivity contribution in [1.29, 1.82) is 0 Å². The first-order chi connectivity index (χ1) is 6.77. The van der Waals surface area contributed by atoms with Gasteiger partial charge in [0, 0.05) is 24.2 Å². The fourth-order valence-electron chi connectivity index (χ4n) is 1.28. The van der Waals surface area contributed by atoms with Crippen molar-refractivity contribution < 1.29 is 4.39 Å². The summed E-state index contributed by atoms with van der Waals surface area (Å²) in [5.41, 5.74) is 2.05. The quantitative estimate of drug-likeness (QED) is 0.687. The summed E-state index contributed by atoms with van der Waals surface area (Å²) in [6.45, 7) is 1.91. The highest BCUT2D eigenvalue weighted by Gasteiger charge is 2.05. The number of hydrogen-bond donors (Lipinski definition) is 0. The molecule has 0 N–H and O–H groups in total. The molecule has 0 aliphatic heterocycles. The van der Waals surface area contributed by atoms with Crippen molar-refractivity contribution in [2.45, 2.75) is 6.92 Å². The molecular weight excluding hydrogens is 179 g/mol. The fraction of sp³-hybridized carbons (Fsp3) is 0.0909. The lowest BCUT2D eigenvalue weighted by molar-refractivity contribution is 0.625. The first-order valence-electron chi connectivity index (χ1n) is 4.30. The molecule has 0 aromatic carbocycles. The third-order valence-electron chi connectivity index (χ3n) is 1.91. The number of aromatic nitrogens is 2. The highest BCUT2D eigenvalue weighted by Crippen LogP contribution is 2.19. The molecule has 2 aromatic heterocycles. The molecule has 70 valence electrons. The second kappa shape index (κ2) is 3.54. The van der Waals surface area contributed by atoms with Crippen LogP contribution in [0.1, 0.15) is 5.56 Å². The van der Waals surface area contributed by atoms with Gasteiger partial charge in [0.15, 0.2) is 0 Å². The van der Waals surface area contributed by atoms with Gasteiger partial charge in [-0.2, -0.15) is 0 Å². The summed E-state index contributed by atoms with van der Waals surface area (Å²) < 4.78 is 13.3. The lowest BCUT2D eigenvalue weighted by atomic mass is 10.1. The Balaban J connectivity index is 2.55. The van der Waals surface area contributed by atoms with E-state index in [0.29, 0.717) is 11.3 Å². The molecule has 0 saturated heterocycles. The van der Waals surface area contributed by atoms with Crippen molar-refractivity contribution >= 4 is 0 Å². The number of nitrogens with zero attached hydrogens (tertiary/aromatic N) is 2. The standard InChI is InChI=1S/C11H9FN2/c1-8-5-9(7-13-6-8)11-10(12)3-2-4-14-11/h2-7H,1H3. The van der Waals surface area contributed by atoms with E-state index in [1.54, 1.807) is 24.7 Å².